The number of rotatable bonds is 4. The molecule has 0 aromatic carbocycles. The number of hydrogen-bond donors (Lipinski definition) is 0. The summed E-state index contributed by atoms with van der Waals surface area (Å²) in [5, 5.41) is 0. The van der Waals surface area contributed by atoms with Crippen LogP contribution in [0.4, 0.5) is 0 Å². The Hall–Kier alpha value is -0.0800. The van der Waals surface area contributed by atoms with Gasteiger partial charge in [-0.2, -0.15) is 0 Å². The summed E-state index contributed by atoms with van der Waals surface area (Å²) in [5.41, 5.74) is 0. The lowest BCUT2D eigenvalue weighted by Gasteiger charge is -2.25. The molecule has 13 heavy (non-hydrogen) atoms. The maximum atomic E-state index is 5.76. The van der Waals surface area contributed by atoms with Gasteiger partial charge in [0.05, 0.1) is 18.8 Å². The summed E-state index contributed by atoms with van der Waals surface area (Å²) in [5.74, 6) is 1.17. The molecule has 2 nitrogen and oxygen atoms in total. The molecule has 0 amide bonds. The Balaban J connectivity index is 2.52. The highest BCUT2D eigenvalue weighted by Gasteiger charge is 2.37. The van der Waals surface area contributed by atoms with E-state index in [9.17, 15) is 0 Å². The molecule has 1 heterocycles. The van der Waals surface area contributed by atoms with Crippen molar-refractivity contribution in [2.45, 2.75) is 46.3 Å². The van der Waals surface area contributed by atoms with Crippen molar-refractivity contribution < 1.29 is 9.47 Å². The number of hydrogen-bond acceptors (Lipinski definition) is 2. The highest BCUT2D eigenvalue weighted by molar-refractivity contribution is 4.85. The van der Waals surface area contributed by atoms with Gasteiger partial charge in [0.15, 0.2) is 0 Å². The van der Waals surface area contributed by atoms with Crippen molar-refractivity contribution in [3.8, 4) is 0 Å². The molecule has 1 rings (SSSR count). The van der Waals surface area contributed by atoms with Crippen LogP contribution in [-0.2, 0) is 9.47 Å². The topological polar surface area (TPSA) is 18.5 Å². The van der Waals surface area contributed by atoms with Crippen LogP contribution >= 0.6 is 0 Å². The summed E-state index contributed by atoms with van der Waals surface area (Å²) in [7, 11) is 0. The summed E-state index contributed by atoms with van der Waals surface area (Å²) in [6, 6.07) is 0. The summed E-state index contributed by atoms with van der Waals surface area (Å²) in [6.07, 6.45) is 1.81. The molecule has 0 aromatic heterocycles. The highest BCUT2D eigenvalue weighted by atomic mass is 16.6. The quantitative estimate of drug-likeness (QED) is 0.671. The molecular formula is C11H22O2. The van der Waals surface area contributed by atoms with Crippen molar-refractivity contribution >= 4 is 0 Å². The van der Waals surface area contributed by atoms with Gasteiger partial charge in [0, 0.05) is 12.5 Å². The summed E-state index contributed by atoms with van der Waals surface area (Å²) < 4.78 is 11.5. The molecule has 0 radical (unpaired) electrons. The van der Waals surface area contributed by atoms with Gasteiger partial charge in [-0.1, -0.05) is 27.2 Å². The van der Waals surface area contributed by atoms with Crippen LogP contribution in [-0.4, -0.2) is 25.4 Å². The van der Waals surface area contributed by atoms with E-state index in [4.69, 9.17) is 9.47 Å². The van der Waals surface area contributed by atoms with Crippen molar-refractivity contribution in [2.75, 3.05) is 13.2 Å². The second-order valence-corrected chi connectivity index (χ2v) is 4.08. The molecule has 78 valence electrons. The van der Waals surface area contributed by atoms with E-state index < -0.39 is 0 Å². The monoisotopic (exact) mass is 186 g/mol. The molecule has 1 saturated heterocycles. The van der Waals surface area contributed by atoms with Gasteiger partial charge in [0.1, 0.15) is 0 Å². The van der Waals surface area contributed by atoms with Crippen molar-refractivity contribution in [2.24, 2.45) is 11.8 Å². The van der Waals surface area contributed by atoms with Crippen LogP contribution in [0.2, 0.25) is 0 Å². The first kappa shape index (κ1) is 11.0. The Morgan fingerprint density at radius 1 is 1.46 bits per heavy atom. The van der Waals surface area contributed by atoms with Crippen LogP contribution in [0.3, 0.4) is 0 Å². The minimum Gasteiger partial charge on any atom is -0.375 e. The lowest BCUT2D eigenvalue weighted by Crippen LogP contribution is -2.33. The average Bonchev–Trinajstić information content (AvgIpc) is 2.48. The van der Waals surface area contributed by atoms with Gasteiger partial charge in [-0.3, -0.25) is 0 Å². The molecule has 0 aliphatic carbocycles. The van der Waals surface area contributed by atoms with Crippen LogP contribution in [0.5, 0.6) is 0 Å². The highest BCUT2D eigenvalue weighted by Crippen LogP contribution is 2.29. The smallest absolute Gasteiger partial charge is 0.0886 e. The Labute approximate surface area is 81.6 Å². The molecule has 0 bridgehead atoms. The van der Waals surface area contributed by atoms with Gasteiger partial charge in [-0.05, 0) is 12.8 Å². The van der Waals surface area contributed by atoms with Gasteiger partial charge in [-0.15, -0.1) is 0 Å². The molecule has 1 aliphatic heterocycles. The van der Waals surface area contributed by atoms with E-state index in [0.29, 0.717) is 24.0 Å². The largest absolute Gasteiger partial charge is 0.375 e. The van der Waals surface area contributed by atoms with Gasteiger partial charge >= 0.3 is 0 Å². The average molecular weight is 186 g/mol. The second kappa shape index (κ2) is 4.97. The predicted molar refractivity (Wildman–Crippen MR) is 53.8 cm³/mol. The molecule has 1 fully saturated rings. The Bertz CT molecular complexity index is 145. The molecular weight excluding hydrogens is 164 g/mol. The van der Waals surface area contributed by atoms with Crippen molar-refractivity contribution in [1.29, 1.82) is 0 Å². The second-order valence-electron chi connectivity index (χ2n) is 4.08. The van der Waals surface area contributed by atoms with Crippen LogP contribution in [0.1, 0.15) is 34.1 Å². The minimum atomic E-state index is 0.319. The maximum absolute atomic E-state index is 5.76. The zero-order chi connectivity index (χ0) is 9.84. The molecule has 0 spiro atoms. The van der Waals surface area contributed by atoms with Crippen molar-refractivity contribution in [3.63, 3.8) is 0 Å². The third kappa shape index (κ3) is 2.44. The van der Waals surface area contributed by atoms with Crippen LogP contribution < -0.4 is 0 Å². The van der Waals surface area contributed by atoms with E-state index in [1.165, 1.54) is 6.42 Å². The van der Waals surface area contributed by atoms with E-state index in [2.05, 4.69) is 27.7 Å². The third-order valence-electron chi connectivity index (χ3n) is 3.00. The lowest BCUT2D eigenvalue weighted by molar-refractivity contribution is -0.0354. The Kier molecular flexibility index (Phi) is 4.20. The van der Waals surface area contributed by atoms with Crippen LogP contribution in [0.25, 0.3) is 0 Å². The SMILES string of the molecule is CCOC1C(C)COC1C(C)CC. The van der Waals surface area contributed by atoms with E-state index in [1.54, 1.807) is 0 Å². The normalized spacial score (nSPS) is 36.5. The van der Waals surface area contributed by atoms with Crippen molar-refractivity contribution in [1.82, 2.24) is 0 Å². The van der Waals surface area contributed by atoms with Crippen molar-refractivity contribution in [3.05, 3.63) is 0 Å². The molecule has 0 aromatic rings. The lowest BCUT2D eigenvalue weighted by atomic mass is 9.93. The molecule has 4 unspecified atom stereocenters. The fourth-order valence-electron chi connectivity index (χ4n) is 1.95. The maximum Gasteiger partial charge on any atom is 0.0886 e. The van der Waals surface area contributed by atoms with E-state index >= 15 is 0 Å². The zero-order valence-corrected chi connectivity index (χ0v) is 9.25. The summed E-state index contributed by atoms with van der Waals surface area (Å²) in [4.78, 5) is 0. The third-order valence-corrected chi connectivity index (χ3v) is 3.00. The van der Waals surface area contributed by atoms with Gasteiger partial charge in [-0.25, -0.2) is 0 Å². The fourth-order valence-corrected chi connectivity index (χ4v) is 1.95. The predicted octanol–water partition coefficient (Wildman–Crippen LogP) is 2.47. The minimum absolute atomic E-state index is 0.319. The van der Waals surface area contributed by atoms with Crippen LogP contribution in [0.15, 0.2) is 0 Å². The standard InChI is InChI=1S/C11H22O2/c1-5-8(3)10-11(12-6-2)9(4)7-13-10/h8-11H,5-7H2,1-4H3. The fraction of sp³-hybridized carbons (Fsp3) is 1.00. The molecule has 2 heteroatoms. The molecule has 0 N–H and O–H groups in total. The summed E-state index contributed by atoms with van der Waals surface area (Å²) in [6.45, 7) is 10.4. The first-order valence-corrected chi connectivity index (χ1v) is 5.43. The Morgan fingerprint density at radius 2 is 2.15 bits per heavy atom. The summed E-state index contributed by atoms with van der Waals surface area (Å²) >= 11 is 0. The zero-order valence-electron chi connectivity index (χ0n) is 9.25. The Morgan fingerprint density at radius 3 is 2.69 bits per heavy atom. The molecule has 0 saturated carbocycles. The van der Waals surface area contributed by atoms with Gasteiger partial charge in [0.2, 0.25) is 0 Å². The first-order valence-electron chi connectivity index (χ1n) is 5.43. The number of ether oxygens (including phenoxy) is 2. The molecule has 4 atom stereocenters. The van der Waals surface area contributed by atoms with Gasteiger partial charge in [0.25, 0.3) is 0 Å². The van der Waals surface area contributed by atoms with E-state index in [1.807, 2.05) is 0 Å². The van der Waals surface area contributed by atoms with Crippen LogP contribution in [0, 0.1) is 11.8 Å². The van der Waals surface area contributed by atoms with Gasteiger partial charge < -0.3 is 9.47 Å². The van der Waals surface area contributed by atoms with E-state index in [0.717, 1.165) is 13.2 Å². The first-order chi connectivity index (χ1) is 6.20. The molecule has 1 aliphatic rings. The van der Waals surface area contributed by atoms with E-state index in [-0.39, 0.29) is 0 Å².